The lowest BCUT2D eigenvalue weighted by Crippen LogP contribution is -2.67. The summed E-state index contributed by atoms with van der Waals surface area (Å²) >= 11 is 0. The predicted molar refractivity (Wildman–Crippen MR) is 115 cm³/mol. The average Bonchev–Trinajstić information content (AvgIpc) is 2.64. The van der Waals surface area contributed by atoms with Crippen molar-refractivity contribution in [2.75, 3.05) is 26.2 Å². The third-order valence-electron chi connectivity index (χ3n) is 6.59. The minimum atomic E-state index is 0.148. The van der Waals surface area contributed by atoms with Crippen molar-refractivity contribution in [2.24, 2.45) is 5.92 Å². The number of amides is 1. The quantitative estimate of drug-likeness (QED) is 0.702. The number of rotatable bonds is 9. The highest BCUT2D eigenvalue weighted by atomic mass is 16.3. The van der Waals surface area contributed by atoms with Gasteiger partial charge in [-0.1, -0.05) is 49.8 Å². The third kappa shape index (κ3) is 4.49. The summed E-state index contributed by atoms with van der Waals surface area (Å²) in [6.07, 6.45) is 9.01. The Labute approximate surface area is 170 Å². The SMILES string of the molecule is C/C=C/c1ccc([C@H]2[C@@H](CO)N(CCC)[C@@H]2CN(CC2CCC2)C(C)=O)cc1. The summed E-state index contributed by atoms with van der Waals surface area (Å²) in [5.41, 5.74) is 2.47. The van der Waals surface area contributed by atoms with Gasteiger partial charge in [0.2, 0.25) is 5.91 Å². The lowest BCUT2D eigenvalue weighted by atomic mass is 9.74. The molecule has 3 rings (SSSR count). The van der Waals surface area contributed by atoms with Gasteiger partial charge in [0.25, 0.3) is 0 Å². The van der Waals surface area contributed by atoms with Crippen LogP contribution in [0.2, 0.25) is 0 Å². The Balaban J connectivity index is 1.79. The zero-order valence-electron chi connectivity index (χ0n) is 17.7. The van der Waals surface area contributed by atoms with Crippen LogP contribution < -0.4 is 0 Å². The van der Waals surface area contributed by atoms with Gasteiger partial charge in [-0.25, -0.2) is 0 Å². The number of hydrogen-bond donors (Lipinski definition) is 1. The molecule has 0 bridgehead atoms. The van der Waals surface area contributed by atoms with Crippen molar-refractivity contribution >= 4 is 12.0 Å². The molecule has 1 aromatic carbocycles. The van der Waals surface area contributed by atoms with Crippen LogP contribution in [0.4, 0.5) is 0 Å². The molecule has 0 radical (unpaired) electrons. The molecule has 2 fully saturated rings. The maximum absolute atomic E-state index is 12.3. The fraction of sp³-hybridized carbons (Fsp3) is 0.625. The van der Waals surface area contributed by atoms with Crippen molar-refractivity contribution in [1.82, 2.24) is 9.80 Å². The van der Waals surface area contributed by atoms with Crippen LogP contribution in [0, 0.1) is 5.92 Å². The highest BCUT2D eigenvalue weighted by Crippen LogP contribution is 2.41. The second kappa shape index (κ2) is 9.71. The van der Waals surface area contributed by atoms with E-state index < -0.39 is 0 Å². The molecule has 28 heavy (non-hydrogen) atoms. The van der Waals surface area contributed by atoms with Crippen molar-refractivity contribution in [3.05, 3.63) is 41.5 Å². The van der Waals surface area contributed by atoms with Gasteiger partial charge in [0.05, 0.1) is 6.61 Å². The van der Waals surface area contributed by atoms with E-state index in [9.17, 15) is 9.90 Å². The van der Waals surface area contributed by atoms with Gasteiger partial charge in [-0.15, -0.1) is 0 Å². The molecule has 2 aliphatic rings. The molecule has 1 heterocycles. The van der Waals surface area contributed by atoms with Crippen LogP contribution in [0.15, 0.2) is 30.3 Å². The van der Waals surface area contributed by atoms with Gasteiger partial charge >= 0.3 is 0 Å². The fourth-order valence-corrected chi connectivity index (χ4v) is 4.85. The molecule has 1 N–H and O–H groups in total. The van der Waals surface area contributed by atoms with Crippen LogP contribution in [0.5, 0.6) is 0 Å². The monoisotopic (exact) mass is 384 g/mol. The topological polar surface area (TPSA) is 43.8 Å². The van der Waals surface area contributed by atoms with Crippen molar-refractivity contribution < 1.29 is 9.90 Å². The summed E-state index contributed by atoms with van der Waals surface area (Å²) < 4.78 is 0. The summed E-state index contributed by atoms with van der Waals surface area (Å²) in [6, 6.07) is 9.14. The Hall–Kier alpha value is -1.65. The number of likely N-dealkylation sites (tertiary alicyclic amines) is 1. The van der Waals surface area contributed by atoms with Gasteiger partial charge in [-0.05, 0) is 49.8 Å². The molecule has 154 valence electrons. The smallest absolute Gasteiger partial charge is 0.219 e. The average molecular weight is 385 g/mol. The zero-order valence-corrected chi connectivity index (χ0v) is 17.7. The van der Waals surface area contributed by atoms with Gasteiger partial charge in [-0.3, -0.25) is 9.69 Å². The Morgan fingerprint density at radius 3 is 2.43 bits per heavy atom. The van der Waals surface area contributed by atoms with E-state index in [1.54, 1.807) is 6.92 Å². The first-order valence-corrected chi connectivity index (χ1v) is 10.9. The standard InChI is InChI=1S/C24H36N2O2/c1-4-7-19-10-12-21(13-11-19)24-22(26(14-5-2)23(24)17-27)16-25(18(3)28)15-20-8-6-9-20/h4,7,10-13,20,22-24,27H,5-6,8-9,14-17H2,1-3H3/b7-4+/t22-,23-,24-/m1/s1. The highest BCUT2D eigenvalue weighted by molar-refractivity contribution is 5.73. The first-order valence-electron chi connectivity index (χ1n) is 10.9. The molecule has 1 aromatic rings. The number of carbonyl (C=O) groups is 1. The molecular weight excluding hydrogens is 348 g/mol. The minimum Gasteiger partial charge on any atom is -0.395 e. The maximum Gasteiger partial charge on any atom is 0.219 e. The van der Waals surface area contributed by atoms with Crippen LogP contribution in [0.1, 0.15) is 63.5 Å². The molecule has 1 saturated carbocycles. The summed E-state index contributed by atoms with van der Waals surface area (Å²) in [5.74, 6) is 1.13. The normalized spacial score (nSPS) is 25.5. The summed E-state index contributed by atoms with van der Waals surface area (Å²) in [7, 11) is 0. The number of carbonyl (C=O) groups excluding carboxylic acids is 1. The largest absolute Gasteiger partial charge is 0.395 e. The van der Waals surface area contributed by atoms with Gasteiger partial charge < -0.3 is 10.0 Å². The van der Waals surface area contributed by atoms with Crippen molar-refractivity contribution in [3.63, 3.8) is 0 Å². The van der Waals surface area contributed by atoms with E-state index in [-0.39, 0.29) is 30.5 Å². The van der Waals surface area contributed by atoms with Crippen LogP contribution in [0.3, 0.4) is 0 Å². The van der Waals surface area contributed by atoms with Crippen molar-refractivity contribution in [2.45, 2.75) is 64.5 Å². The summed E-state index contributed by atoms with van der Waals surface area (Å²) in [4.78, 5) is 16.8. The molecular formula is C24H36N2O2. The van der Waals surface area contributed by atoms with Gasteiger partial charge in [0.15, 0.2) is 0 Å². The second-order valence-electron chi connectivity index (χ2n) is 8.47. The summed E-state index contributed by atoms with van der Waals surface area (Å²) in [6.45, 7) is 8.71. The van der Waals surface area contributed by atoms with Crippen molar-refractivity contribution in [1.29, 1.82) is 0 Å². The Morgan fingerprint density at radius 2 is 1.93 bits per heavy atom. The van der Waals surface area contributed by atoms with E-state index in [0.717, 1.165) is 26.1 Å². The van der Waals surface area contributed by atoms with Crippen LogP contribution in [-0.2, 0) is 4.79 Å². The van der Waals surface area contributed by atoms with Gasteiger partial charge in [0.1, 0.15) is 0 Å². The number of benzene rings is 1. The van der Waals surface area contributed by atoms with Gasteiger partial charge in [0, 0.05) is 38.0 Å². The first kappa shape index (κ1) is 21.1. The van der Waals surface area contributed by atoms with Crippen LogP contribution in [0.25, 0.3) is 6.08 Å². The molecule has 0 unspecified atom stereocenters. The van der Waals surface area contributed by atoms with Crippen LogP contribution >= 0.6 is 0 Å². The van der Waals surface area contributed by atoms with Crippen molar-refractivity contribution in [3.8, 4) is 0 Å². The number of aliphatic hydroxyl groups is 1. The predicted octanol–water partition coefficient (Wildman–Crippen LogP) is 3.91. The van der Waals surface area contributed by atoms with Gasteiger partial charge in [-0.2, -0.15) is 0 Å². The lowest BCUT2D eigenvalue weighted by Gasteiger charge is -2.56. The molecule has 1 saturated heterocycles. The van der Waals surface area contributed by atoms with E-state index in [1.807, 2.05) is 13.0 Å². The van der Waals surface area contributed by atoms with E-state index >= 15 is 0 Å². The van der Waals surface area contributed by atoms with Crippen LogP contribution in [-0.4, -0.2) is 59.1 Å². The number of allylic oxidation sites excluding steroid dienone is 1. The Bertz CT molecular complexity index is 666. The molecule has 1 aliphatic carbocycles. The lowest BCUT2D eigenvalue weighted by molar-refractivity contribution is -0.134. The molecule has 4 heteroatoms. The Morgan fingerprint density at radius 1 is 1.21 bits per heavy atom. The highest BCUT2D eigenvalue weighted by Gasteiger charge is 2.48. The van der Waals surface area contributed by atoms with E-state index in [0.29, 0.717) is 5.92 Å². The maximum atomic E-state index is 12.3. The number of aliphatic hydroxyl groups excluding tert-OH is 1. The molecule has 4 nitrogen and oxygen atoms in total. The summed E-state index contributed by atoms with van der Waals surface area (Å²) in [5, 5.41) is 10.1. The Kier molecular flexibility index (Phi) is 7.30. The first-order chi connectivity index (χ1) is 13.6. The molecule has 3 atom stereocenters. The fourth-order valence-electron chi connectivity index (χ4n) is 4.85. The third-order valence-corrected chi connectivity index (χ3v) is 6.59. The number of nitrogens with zero attached hydrogens (tertiary/aromatic N) is 2. The van der Waals surface area contributed by atoms with E-state index in [1.165, 1.54) is 30.4 Å². The number of hydrogen-bond acceptors (Lipinski definition) is 3. The minimum absolute atomic E-state index is 0.148. The van der Waals surface area contributed by atoms with E-state index in [4.69, 9.17) is 0 Å². The molecule has 1 amide bonds. The zero-order chi connectivity index (χ0) is 20.1. The molecule has 1 aliphatic heterocycles. The molecule has 0 aromatic heterocycles. The van der Waals surface area contributed by atoms with E-state index in [2.05, 4.69) is 47.1 Å². The second-order valence-corrected chi connectivity index (χ2v) is 8.47. The molecule has 0 spiro atoms.